The Balaban J connectivity index is 1.73. The van der Waals surface area contributed by atoms with Gasteiger partial charge in [-0.15, -0.1) is 0 Å². The van der Waals surface area contributed by atoms with E-state index in [1.807, 2.05) is 26.0 Å². The van der Waals surface area contributed by atoms with Gasteiger partial charge in [0.15, 0.2) is 12.4 Å². The van der Waals surface area contributed by atoms with Gasteiger partial charge in [-0.2, -0.15) is 5.26 Å². The number of nitrogens with zero attached hydrogens (tertiary/aromatic N) is 1. The molecule has 0 bridgehead atoms. The standard InChI is InChI=1S/C21H21N3O4/c1-14-7-8-16(11-15(14)2)18(25)9-10-20(26)23-24-21(27)13-28-19-6-4-3-5-17(19)12-22/h3-8,11H,9-10,13H2,1-2H3,(H,23,26)(H,24,27). The van der Waals surface area contributed by atoms with E-state index in [0.29, 0.717) is 11.1 Å². The maximum atomic E-state index is 12.2. The molecule has 0 aliphatic heterocycles. The van der Waals surface area contributed by atoms with Crippen molar-refractivity contribution in [2.45, 2.75) is 26.7 Å². The van der Waals surface area contributed by atoms with Gasteiger partial charge in [-0.05, 0) is 43.2 Å². The van der Waals surface area contributed by atoms with E-state index in [0.717, 1.165) is 11.1 Å². The van der Waals surface area contributed by atoms with Crippen molar-refractivity contribution in [1.29, 1.82) is 5.26 Å². The highest BCUT2D eigenvalue weighted by Gasteiger charge is 2.11. The predicted octanol–water partition coefficient (Wildman–Crippen LogP) is 2.36. The lowest BCUT2D eigenvalue weighted by Gasteiger charge is -2.09. The van der Waals surface area contributed by atoms with Crippen LogP contribution in [0, 0.1) is 25.2 Å². The van der Waals surface area contributed by atoms with Gasteiger partial charge in [0.25, 0.3) is 5.91 Å². The molecule has 0 unspecified atom stereocenters. The Morgan fingerprint density at radius 1 is 0.964 bits per heavy atom. The van der Waals surface area contributed by atoms with Gasteiger partial charge in [-0.1, -0.05) is 24.3 Å². The van der Waals surface area contributed by atoms with Gasteiger partial charge in [-0.25, -0.2) is 0 Å². The Bertz CT molecular complexity index is 931. The van der Waals surface area contributed by atoms with Gasteiger partial charge in [0.2, 0.25) is 5.91 Å². The molecule has 2 rings (SSSR count). The van der Waals surface area contributed by atoms with Crippen LogP contribution in [-0.4, -0.2) is 24.2 Å². The third kappa shape index (κ3) is 5.95. The lowest BCUT2D eigenvalue weighted by atomic mass is 10.0. The summed E-state index contributed by atoms with van der Waals surface area (Å²) in [5.74, 6) is -0.920. The fourth-order valence-corrected chi connectivity index (χ4v) is 2.35. The Kier molecular flexibility index (Phi) is 7.28. The fraction of sp³-hybridized carbons (Fsp3) is 0.238. The summed E-state index contributed by atoms with van der Waals surface area (Å²) >= 11 is 0. The van der Waals surface area contributed by atoms with E-state index < -0.39 is 11.8 Å². The highest BCUT2D eigenvalue weighted by Crippen LogP contribution is 2.16. The van der Waals surface area contributed by atoms with Gasteiger partial charge < -0.3 is 4.74 Å². The molecule has 0 aromatic heterocycles. The van der Waals surface area contributed by atoms with Gasteiger partial charge >= 0.3 is 0 Å². The summed E-state index contributed by atoms with van der Waals surface area (Å²) in [6.45, 7) is 3.52. The van der Waals surface area contributed by atoms with E-state index in [-0.39, 0.29) is 31.0 Å². The molecule has 0 radical (unpaired) electrons. The molecule has 0 fully saturated rings. The van der Waals surface area contributed by atoms with Crippen LogP contribution in [0.1, 0.15) is 39.9 Å². The average Bonchev–Trinajstić information content (AvgIpc) is 2.71. The summed E-state index contributed by atoms with van der Waals surface area (Å²) in [5, 5.41) is 8.96. The molecule has 7 nitrogen and oxygen atoms in total. The van der Waals surface area contributed by atoms with Crippen LogP contribution in [0.15, 0.2) is 42.5 Å². The third-order valence-electron chi connectivity index (χ3n) is 4.12. The van der Waals surface area contributed by atoms with E-state index in [9.17, 15) is 14.4 Å². The van der Waals surface area contributed by atoms with E-state index >= 15 is 0 Å². The summed E-state index contributed by atoms with van der Waals surface area (Å²) in [5.41, 5.74) is 7.43. The fourth-order valence-electron chi connectivity index (χ4n) is 2.35. The predicted molar refractivity (Wildman–Crippen MR) is 102 cm³/mol. The molecule has 0 saturated carbocycles. The van der Waals surface area contributed by atoms with Gasteiger partial charge in [0.1, 0.15) is 11.8 Å². The minimum Gasteiger partial charge on any atom is -0.482 e. The average molecular weight is 379 g/mol. The van der Waals surface area contributed by atoms with Crippen LogP contribution in [0.5, 0.6) is 5.75 Å². The summed E-state index contributed by atoms with van der Waals surface area (Å²) < 4.78 is 5.26. The summed E-state index contributed by atoms with van der Waals surface area (Å²) in [4.78, 5) is 35.7. The molecule has 0 aliphatic rings. The first-order chi connectivity index (χ1) is 13.4. The number of aryl methyl sites for hydroxylation is 2. The van der Waals surface area contributed by atoms with Crippen LogP contribution in [0.3, 0.4) is 0 Å². The molecule has 7 heteroatoms. The maximum absolute atomic E-state index is 12.2. The molecule has 28 heavy (non-hydrogen) atoms. The Labute approximate surface area is 163 Å². The number of hydrogen-bond donors (Lipinski definition) is 2. The van der Waals surface area contributed by atoms with Crippen molar-refractivity contribution >= 4 is 17.6 Å². The molecule has 0 aliphatic carbocycles. The normalized spacial score (nSPS) is 9.89. The topological polar surface area (TPSA) is 108 Å². The Morgan fingerprint density at radius 2 is 1.68 bits per heavy atom. The number of rotatable bonds is 7. The van der Waals surface area contributed by atoms with E-state index in [1.54, 1.807) is 36.4 Å². The smallest absolute Gasteiger partial charge is 0.276 e. The van der Waals surface area contributed by atoms with Crippen molar-refractivity contribution in [3.05, 3.63) is 64.7 Å². The van der Waals surface area contributed by atoms with Crippen LogP contribution in [0.25, 0.3) is 0 Å². The van der Waals surface area contributed by atoms with Crippen LogP contribution in [-0.2, 0) is 9.59 Å². The molecule has 2 aromatic carbocycles. The second-order valence-electron chi connectivity index (χ2n) is 6.22. The number of nitriles is 1. The highest BCUT2D eigenvalue weighted by atomic mass is 16.5. The minimum atomic E-state index is -0.582. The Morgan fingerprint density at radius 3 is 2.39 bits per heavy atom. The summed E-state index contributed by atoms with van der Waals surface area (Å²) in [7, 11) is 0. The SMILES string of the molecule is Cc1ccc(C(=O)CCC(=O)NNC(=O)COc2ccccc2C#N)cc1C. The molecule has 0 heterocycles. The highest BCUT2D eigenvalue weighted by molar-refractivity contribution is 5.98. The molecule has 144 valence electrons. The first-order valence-corrected chi connectivity index (χ1v) is 8.70. The number of hydrazine groups is 1. The van der Waals surface area contributed by atoms with Crippen LogP contribution < -0.4 is 15.6 Å². The maximum Gasteiger partial charge on any atom is 0.276 e. The second kappa shape index (κ2) is 9.88. The van der Waals surface area contributed by atoms with Crippen molar-refractivity contribution in [3.63, 3.8) is 0 Å². The molecular formula is C21H21N3O4. The molecule has 0 atom stereocenters. The zero-order valence-corrected chi connectivity index (χ0v) is 15.7. The quantitative estimate of drug-likeness (QED) is 0.567. The number of nitrogens with one attached hydrogen (secondary N) is 2. The molecular weight excluding hydrogens is 358 g/mol. The minimum absolute atomic E-state index is 0.0379. The lowest BCUT2D eigenvalue weighted by molar-refractivity contribution is -0.130. The lowest BCUT2D eigenvalue weighted by Crippen LogP contribution is -2.43. The van der Waals surface area contributed by atoms with E-state index in [1.165, 1.54) is 0 Å². The number of ketones is 1. The van der Waals surface area contributed by atoms with Crippen LogP contribution >= 0.6 is 0 Å². The van der Waals surface area contributed by atoms with Crippen molar-refractivity contribution in [1.82, 2.24) is 10.9 Å². The number of carbonyl (C=O) groups excluding carboxylic acids is 3. The van der Waals surface area contributed by atoms with Gasteiger partial charge in [0.05, 0.1) is 5.56 Å². The number of carbonyl (C=O) groups is 3. The third-order valence-corrected chi connectivity index (χ3v) is 4.12. The monoisotopic (exact) mass is 379 g/mol. The zero-order valence-electron chi connectivity index (χ0n) is 15.7. The summed E-state index contributed by atoms with van der Waals surface area (Å²) in [6, 6.07) is 13.9. The number of ether oxygens (including phenoxy) is 1. The van der Waals surface area contributed by atoms with Crippen molar-refractivity contribution in [3.8, 4) is 11.8 Å². The van der Waals surface area contributed by atoms with Gasteiger partial charge in [-0.3, -0.25) is 25.2 Å². The molecule has 0 saturated heterocycles. The number of hydrogen-bond acceptors (Lipinski definition) is 5. The molecule has 2 N–H and O–H groups in total. The van der Waals surface area contributed by atoms with Gasteiger partial charge in [0, 0.05) is 18.4 Å². The van der Waals surface area contributed by atoms with Crippen molar-refractivity contribution < 1.29 is 19.1 Å². The van der Waals surface area contributed by atoms with Crippen LogP contribution in [0.4, 0.5) is 0 Å². The first kappa shape index (κ1) is 20.6. The molecule has 0 spiro atoms. The molecule has 2 aromatic rings. The number of benzene rings is 2. The summed E-state index contributed by atoms with van der Waals surface area (Å²) in [6.07, 6.45) is -0.0135. The Hall–Kier alpha value is -3.66. The second-order valence-corrected chi connectivity index (χ2v) is 6.22. The van der Waals surface area contributed by atoms with E-state index in [4.69, 9.17) is 10.00 Å². The van der Waals surface area contributed by atoms with Crippen molar-refractivity contribution in [2.24, 2.45) is 0 Å². The largest absolute Gasteiger partial charge is 0.482 e. The van der Waals surface area contributed by atoms with E-state index in [2.05, 4.69) is 10.9 Å². The first-order valence-electron chi connectivity index (χ1n) is 8.70. The number of Topliss-reactive ketones (excluding diaryl/α,β-unsaturated/α-hetero) is 1. The van der Waals surface area contributed by atoms with Crippen molar-refractivity contribution in [2.75, 3.05) is 6.61 Å². The number of amides is 2. The number of para-hydroxylation sites is 1. The molecule has 2 amide bonds. The van der Waals surface area contributed by atoms with Crippen LogP contribution in [0.2, 0.25) is 0 Å². The zero-order chi connectivity index (χ0) is 20.5.